The van der Waals surface area contributed by atoms with Gasteiger partial charge in [0.2, 0.25) is 0 Å². The zero-order valence-corrected chi connectivity index (χ0v) is 9.01. The highest BCUT2D eigenvalue weighted by Gasteiger charge is 2.40. The first-order valence-corrected chi connectivity index (χ1v) is 4.90. The monoisotopic (exact) mass is 229 g/mol. The SMILES string of the molecule is C=C(C)CNC(c1ccccc1)C(F)(F)F. The van der Waals surface area contributed by atoms with Crippen LogP contribution in [0, 0.1) is 0 Å². The van der Waals surface area contributed by atoms with Crippen LogP contribution in [0.1, 0.15) is 18.5 Å². The summed E-state index contributed by atoms with van der Waals surface area (Å²) in [5.74, 6) is 0. The fourth-order valence-electron chi connectivity index (χ4n) is 1.34. The van der Waals surface area contributed by atoms with Crippen LogP contribution in [-0.2, 0) is 0 Å². The van der Waals surface area contributed by atoms with Crippen molar-refractivity contribution in [1.29, 1.82) is 0 Å². The van der Waals surface area contributed by atoms with E-state index in [0.717, 1.165) is 0 Å². The van der Waals surface area contributed by atoms with Gasteiger partial charge in [0.25, 0.3) is 0 Å². The summed E-state index contributed by atoms with van der Waals surface area (Å²) >= 11 is 0. The second-order valence-corrected chi connectivity index (χ2v) is 3.72. The number of alkyl halides is 3. The maximum Gasteiger partial charge on any atom is 0.407 e. The standard InChI is InChI=1S/C12H14F3N/c1-9(2)8-16-11(12(13,14)15)10-6-4-3-5-7-10/h3-7,11,16H,1,8H2,2H3. The Balaban J connectivity index is 2.84. The normalized spacial score (nSPS) is 13.5. The van der Waals surface area contributed by atoms with E-state index in [1.807, 2.05) is 0 Å². The number of rotatable bonds is 4. The van der Waals surface area contributed by atoms with E-state index in [1.54, 1.807) is 25.1 Å². The number of halogens is 3. The van der Waals surface area contributed by atoms with Crippen LogP contribution < -0.4 is 5.32 Å². The Morgan fingerprint density at radius 1 is 1.31 bits per heavy atom. The molecule has 0 fully saturated rings. The van der Waals surface area contributed by atoms with E-state index in [1.165, 1.54) is 12.1 Å². The largest absolute Gasteiger partial charge is 0.407 e. The van der Waals surface area contributed by atoms with Crippen molar-refractivity contribution < 1.29 is 13.2 Å². The minimum absolute atomic E-state index is 0.152. The Hall–Kier alpha value is -1.29. The molecule has 1 nitrogen and oxygen atoms in total. The third kappa shape index (κ3) is 3.70. The minimum Gasteiger partial charge on any atom is -0.299 e. The summed E-state index contributed by atoms with van der Waals surface area (Å²) in [5.41, 5.74) is 0.890. The van der Waals surface area contributed by atoms with Crippen LogP contribution in [0.4, 0.5) is 13.2 Å². The van der Waals surface area contributed by atoms with Crippen molar-refractivity contribution in [2.45, 2.75) is 19.1 Å². The molecular weight excluding hydrogens is 215 g/mol. The van der Waals surface area contributed by atoms with Crippen molar-refractivity contribution in [1.82, 2.24) is 5.32 Å². The molecule has 0 amide bonds. The Morgan fingerprint density at radius 3 is 2.31 bits per heavy atom. The van der Waals surface area contributed by atoms with E-state index in [-0.39, 0.29) is 12.1 Å². The predicted molar refractivity (Wildman–Crippen MR) is 58.1 cm³/mol. The Labute approximate surface area is 93.0 Å². The van der Waals surface area contributed by atoms with Gasteiger partial charge in [-0.3, -0.25) is 5.32 Å². The van der Waals surface area contributed by atoms with Crippen molar-refractivity contribution in [3.63, 3.8) is 0 Å². The average molecular weight is 229 g/mol. The van der Waals surface area contributed by atoms with Crippen LogP contribution in [0.3, 0.4) is 0 Å². The molecule has 0 saturated heterocycles. The van der Waals surface area contributed by atoms with Gasteiger partial charge in [0.15, 0.2) is 0 Å². The van der Waals surface area contributed by atoms with E-state index in [9.17, 15) is 13.2 Å². The molecule has 0 saturated carbocycles. The maximum atomic E-state index is 12.8. The van der Waals surface area contributed by atoms with Crippen molar-refractivity contribution >= 4 is 0 Å². The van der Waals surface area contributed by atoms with Gasteiger partial charge >= 0.3 is 6.18 Å². The molecule has 0 heterocycles. The summed E-state index contributed by atoms with van der Waals surface area (Å²) in [6.45, 7) is 5.41. The zero-order chi connectivity index (χ0) is 12.2. The lowest BCUT2D eigenvalue weighted by Crippen LogP contribution is -2.34. The second kappa shape index (κ2) is 5.16. The number of nitrogens with one attached hydrogen (secondary N) is 1. The summed E-state index contributed by atoms with van der Waals surface area (Å²) in [7, 11) is 0. The third-order valence-electron chi connectivity index (χ3n) is 2.07. The molecular formula is C12H14F3N. The predicted octanol–water partition coefficient (Wildman–Crippen LogP) is 3.46. The molecule has 1 rings (SSSR count). The van der Waals surface area contributed by atoms with Crippen molar-refractivity contribution in [3.05, 3.63) is 48.0 Å². The highest BCUT2D eigenvalue weighted by atomic mass is 19.4. The summed E-state index contributed by atoms with van der Waals surface area (Å²) in [5, 5.41) is 2.45. The number of hydrogen-bond donors (Lipinski definition) is 1. The van der Waals surface area contributed by atoms with Gasteiger partial charge < -0.3 is 0 Å². The smallest absolute Gasteiger partial charge is 0.299 e. The summed E-state index contributed by atoms with van der Waals surface area (Å²) in [6.07, 6.45) is -4.29. The molecule has 16 heavy (non-hydrogen) atoms. The van der Waals surface area contributed by atoms with Crippen LogP contribution in [0.2, 0.25) is 0 Å². The van der Waals surface area contributed by atoms with Gasteiger partial charge in [-0.25, -0.2) is 0 Å². The Bertz CT molecular complexity index is 343. The second-order valence-electron chi connectivity index (χ2n) is 3.72. The van der Waals surface area contributed by atoms with Crippen LogP contribution in [0.25, 0.3) is 0 Å². The van der Waals surface area contributed by atoms with Crippen LogP contribution in [0.5, 0.6) is 0 Å². The molecule has 1 N–H and O–H groups in total. The lowest BCUT2D eigenvalue weighted by molar-refractivity contribution is -0.157. The average Bonchev–Trinajstić information content (AvgIpc) is 2.17. The summed E-state index contributed by atoms with van der Waals surface area (Å²) < 4.78 is 38.3. The lowest BCUT2D eigenvalue weighted by Gasteiger charge is -2.22. The van der Waals surface area contributed by atoms with Gasteiger partial charge in [0.05, 0.1) is 0 Å². The molecule has 1 aromatic carbocycles. The van der Waals surface area contributed by atoms with E-state index < -0.39 is 12.2 Å². The van der Waals surface area contributed by atoms with Gasteiger partial charge in [0.1, 0.15) is 6.04 Å². The first-order chi connectivity index (χ1) is 7.41. The maximum absolute atomic E-state index is 12.8. The molecule has 1 atom stereocenters. The first-order valence-electron chi connectivity index (χ1n) is 4.90. The van der Waals surface area contributed by atoms with Gasteiger partial charge in [0, 0.05) is 6.54 Å². The molecule has 1 aromatic rings. The van der Waals surface area contributed by atoms with Crippen LogP contribution in [-0.4, -0.2) is 12.7 Å². The fraction of sp³-hybridized carbons (Fsp3) is 0.333. The van der Waals surface area contributed by atoms with E-state index in [4.69, 9.17) is 0 Å². The quantitative estimate of drug-likeness (QED) is 0.780. The van der Waals surface area contributed by atoms with Gasteiger partial charge in [-0.15, -0.1) is 0 Å². The van der Waals surface area contributed by atoms with Crippen molar-refractivity contribution in [2.24, 2.45) is 0 Å². The van der Waals surface area contributed by atoms with Gasteiger partial charge in [-0.2, -0.15) is 13.2 Å². The molecule has 0 spiro atoms. The molecule has 1 unspecified atom stereocenters. The van der Waals surface area contributed by atoms with Crippen molar-refractivity contribution in [2.75, 3.05) is 6.54 Å². The van der Waals surface area contributed by atoms with E-state index in [0.29, 0.717) is 5.57 Å². The van der Waals surface area contributed by atoms with Gasteiger partial charge in [-0.1, -0.05) is 42.5 Å². The topological polar surface area (TPSA) is 12.0 Å². The molecule has 0 radical (unpaired) electrons. The molecule has 0 aromatic heterocycles. The molecule has 0 aliphatic rings. The Morgan fingerprint density at radius 2 is 1.88 bits per heavy atom. The van der Waals surface area contributed by atoms with E-state index >= 15 is 0 Å². The summed E-state index contributed by atoms with van der Waals surface area (Å²) in [6, 6.07) is 6.17. The minimum atomic E-state index is -4.29. The third-order valence-corrected chi connectivity index (χ3v) is 2.07. The Kier molecular flexibility index (Phi) is 4.12. The van der Waals surface area contributed by atoms with Crippen molar-refractivity contribution in [3.8, 4) is 0 Å². The number of hydrogen-bond acceptors (Lipinski definition) is 1. The van der Waals surface area contributed by atoms with Gasteiger partial charge in [-0.05, 0) is 12.5 Å². The first kappa shape index (κ1) is 12.8. The molecule has 0 bridgehead atoms. The number of benzene rings is 1. The van der Waals surface area contributed by atoms with E-state index in [2.05, 4.69) is 11.9 Å². The highest BCUT2D eigenvalue weighted by molar-refractivity contribution is 5.20. The zero-order valence-electron chi connectivity index (χ0n) is 9.01. The van der Waals surface area contributed by atoms with Crippen LogP contribution in [0.15, 0.2) is 42.5 Å². The molecule has 0 aliphatic heterocycles. The molecule has 88 valence electrons. The summed E-state index contributed by atoms with van der Waals surface area (Å²) in [4.78, 5) is 0. The highest BCUT2D eigenvalue weighted by Crippen LogP contribution is 2.32. The fourth-order valence-corrected chi connectivity index (χ4v) is 1.34. The lowest BCUT2D eigenvalue weighted by atomic mass is 10.1. The molecule has 0 aliphatic carbocycles. The van der Waals surface area contributed by atoms with Crippen LogP contribution >= 0.6 is 0 Å². The molecule has 4 heteroatoms.